The molecule has 0 radical (unpaired) electrons. The predicted octanol–water partition coefficient (Wildman–Crippen LogP) is 5.42. The third-order valence-electron chi connectivity index (χ3n) is 4.26. The molecule has 19 heavy (non-hydrogen) atoms. The van der Waals surface area contributed by atoms with Crippen molar-refractivity contribution in [2.45, 2.75) is 58.2 Å². The van der Waals surface area contributed by atoms with Gasteiger partial charge < -0.3 is 4.74 Å². The van der Waals surface area contributed by atoms with Crippen LogP contribution >= 0.6 is 15.9 Å². The maximum Gasteiger partial charge on any atom is 0.0925 e. The van der Waals surface area contributed by atoms with E-state index >= 15 is 0 Å². The zero-order valence-corrected chi connectivity index (χ0v) is 13.7. The molecule has 0 aliphatic heterocycles. The van der Waals surface area contributed by atoms with Crippen molar-refractivity contribution < 1.29 is 4.74 Å². The third kappa shape index (κ3) is 4.06. The number of ether oxygens (including phenoxy) is 1. The van der Waals surface area contributed by atoms with Crippen molar-refractivity contribution in [3.8, 4) is 0 Å². The summed E-state index contributed by atoms with van der Waals surface area (Å²) < 4.78 is 6.44. The highest BCUT2D eigenvalue weighted by atomic mass is 79.9. The van der Waals surface area contributed by atoms with Gasteiger partial charge in [0.2, 0.25) is 0 Å². The van der Waals surface area contributed by atoms with E-state index in [0.29, 0.717) is 6.10 Å². The topological polar surface area (TPSA) is 9.23 Å². The summed E-state index contributed by atoms with van der Waals surface area (Å²) in [6.45, 7) is 4.44. The first kappa shape index (κ1) is 15.1. The Hall–Kier alpha value is -0.340. The van der Waals surface area contributed by atoms with Crippen molar-refractivity contribution >= 4 is 15.9 Å². The van der Waals surface area contributed by atoms with Crippen LogP contribution in [0.2, 0.25) is 0 Å². The lowest BCUT2D eigenvalue weighted by Gasteiger charge is -2.33. The van der Waals surface area contributed by atoms with Gasteiger partial charge in [0.25, 0.3) is 0 Å². The average Bonchev–Trinajstić information content (AvgIpc) is 2.45. The van der Waals surface area contributed by atoms with Gasteiger partial charge in [-0.3, -0.25) is 0 Å². The van der Waals surface area contributed by atoms with Crippen molar-refractivity contribution in [2.75, 3.05) is 5.33 Å². The predicted molar refractivity (Wildman–Crippen MR) is 84.8 cm³/mol. The summed E-state index contributed by atoms with van der Waals surface area (Å²) in [4.78, 5) is 0. The molecular formula is C17H25BrO. The van der Waals surface area contributed by atoms with E-state index in [1.807, 2.05) is 0 Å². The molecule has 1 saturated carbocycles. The second-order valence-corrected chi connectivity index (χ2v) is 6.33. The highest BCUT2D eigenvalue weighted by Crippen LogP contribution is 2.33. The number of alkyl halides is 1. The lowest BCUT2D eigenvalue weighted by atomic mass is 9.84. The molecule has 0 aromatic heterocycles. The van der Waals surface area contributed by atoms with Crippen LogP contribution in [0.25, 0.3) is 0 Å². The average molecular weight is 325 g/mol. The molecule has 0 N–H and O–H groups in total. The Bertz CT molecular complexity index is 391. The summed E-state index contributed by atoms with van der Waals surface area (Å²) >= 11 is 3.62. The van der Waals surface area contributed by atoms with Gasteiger partial charge in [0.05, 0.1) is 12.2 Å². The van der Waals surface area contributed by atoms with Gasteiger partial charge in [-0.25, -0.2) is 0 Å². The van der Waals surface area contributed by atoms with Crippen LogP contribution in [0.4, 0.5) is 0 Å². The smallest absolute Gasteiger partial charge is 0.0925 e. The Morgan fingerprint density at radius 1 is 1.32 bits per heavy atom. The second kappa shape index (κ2) is 7.44. The number of halogens is 1. The van der Waals surface area contributed by atoms with E-state index in [0.717, 1.165) is 11.2 Å². The molecule has 1 aromatic rings. The molecule has 2 rings (SSSR count). The zero-order chi connectivity index (χ0) is 13.7. The highest BCUT2D eigenvalue weighted by molar-refractivity contribution is 9.09. The number of aryl methyl sites for hydroxylation is 1. The lowest BCUT2D eigenvalue weighted by Crippen LogP contribution is -2.29. The van der Waals surface area contributed by atoms with Crippen molar-refractivity contribution in [2.24, 2.45) is 5.92 Å². The van der Waals surface area contributed by atoms with Crippen LogP contribution in [-0.4, -0.2) is 11.4 Å². The molecule has 3 unspecified atom stereocenters. The quantitative estimate of drug-likeness (QED) is 0.657. The minimum Gasteiger partial charge on any atom is -0.369 e. The standard InChI is InChI=1S/C17H25BrO/c1-3-14-8-4-5-10-16(14)19-17(12-18)15-9-6-7-13(2)11-15/h6-7,9,11,14,16-17H,3-5,8,10,12H2,1-2H3. The van der Waals surface area contributed by atoms with Crippen molar-refractivity contribution in [1.82, 2.24) is 0 Å². The highest BCUT2D eigenvalue weighted by Gasteiger charge is 2.27. The Morgan fingerprint density at radius 3 is 2.79 bits per heavy atom. The van der Waals surface area contributed by atoms with Crippen molar-refractivity contribution in [1.29, 1.82) is 0 Å². The van der Waals surface area contributed by atoms with Crippen molar-refractivity contribution in [3.63, 3.8) is 0 Å². The molecule has 106 valence electrons. The van der Waals surface area contributed by atoms with Gasteiger partial charge in [0, 0.05) is 5.33 Å². The van der Waals surface area contributed by atoms with Gasteiger partial charge in [-0.2, -0.15) is 0 Å². The summed E-state index contributed by atoms with van der Waals surface area (Å²) in [6.07, 6.45) is 7.15. The molecule has 1 fully saturated rings. The molecule has 0 bridgehead atoms. The zero-order valence-electron chi connectivity index (χ0n) is 12.1. The summed E-state index contributed by atoms with van der Waals surface area (Å²) in [5.74, 6) is 0.750. The van der Waals surface area contributed by atoms with Gasteiger partial charge in [-0.15, -0.1) is 0 Å². The van der Waals surface area contributed by atoms with Gasteiger partial charge in [-0.1, -0.05) is 71.9 Å². The largest absolute Gasteiger partial charge is 0.369 e. The summed E-state index contributed by atoms with van der Waals surface area (Å²) in [5.41, 5.74) is 2.61. The molecule has 1 aromatic carbocycles. The SMILES string of the molecule is CCC1CCCCC1OC(CBr)c1cccc(C)c1. The van der Waals surface area contributed by atoms with E-state index in [9.17, 15) is 0 Å². The summed E-state index contributed by atoms with van der Waals surface area (Å²) in [6, 6.07) is 8.70. The van der Waals surface area contributed by atoms with E-state index < -0.39 is 0 Å². The Morgan fingerprint density at radius 2 is 2.11 bits per heavy atom. The number of benzene rings is 1. The minimum absolute atomic E-state index is 0.192. The Kier molecular flexibility index (Phi) is 5.90. The lowest BCUT2D eigenvalue weighted by molar-refractivity contribution is -0.0524. The third-order valence-corrected chi connectivity index (χ3v) is 4.84. The fourth-order valence-electron chi connectivity index (χ4n) is 3.11. The fraction of sp³-hybridized carbons (Fsp3) is 0.647. The molecule has 2 heteroatoms. The summed E-state index contributed by atoms with van der Waals surface area (Å²) in [5, 5.41) is 0.878. The van der Waals surface area contributed by atoms with Crippen LogP contribution in [0.15, 0.2) is 24.3 Å². The Balaban J connectivity index is 2.05. The number of hydrogen-bond acceptors (Lipinski definition) is 1. The molecular weight excluding hydrogens is 300 g/mol. The van der Waals surface area contributed by atoms with Gasteiger partial charge in [-0.05, 0) is 31.2 Å². The first-order chi connectivity index (χ1) is 9.24. The minimum atomic E-state index is 0.192. The molecule has 0 heterocycles. The van der Waals surface area contributed by atoms with E-state index in [1.54, 1.807) is 0 Å². The Labute approximate surface area is 125 Å². The monoisotopic (exact) mass is 324 g/mol. The first-order valence-electron chi connectivity index (χ1n) is 7.52. The first-order valence-corrected chi connectivity index (χ1v) is 8.64. The van der Waals surface area contributed by atoms with Crippen LogP contribution in [0.1, 0.15) is 56.3 Å². The molecule has 1 aliphatic carbocycles. The molecule has 0 amide bonds. The second-order valence-electron chi connectivity index (χ2n) is 5.68. The number of hydrogen-bond donors (Lipinski definition) is 0. The summed E-state index contributed by atoms with van der Waals surface area (Å²) in [7, 11) is 0. The van der Waals surface area contributed by atoms with Crippen LogP contribution in [0, 0.1) is 12.8 Å². The van der Waals surface area contributed by atoms with Crippen LogP contribution in [-0.2, 0) is 4.74 Å². The van der Waals surface area contributed by atoms with Crippen LogP contribution < -0.4 is 0 Å². The number of rotatable bonds is 5. The van der Waals surface area contributed by atoms with E-state index in [2.05, 4.69) is 54.0 Å². The van der Waals surface area contributed by atoms with Gasteiger partial charge >= 0.3 is 0 Å². The molecule has 3 atom stereocenters. The molecule has 0 saturated heterocycles. The van der Waals surface area contributed by atoms with E-state index in [-0.39, 0.29) is 6.10 Å². The van der Waals surface area contributed by atoms with Crippen LogP contribution in [0.3, 0.4) is 0 Å². The molecule has 0 spiro atoms. The molecule has 1 aliphatic rings. The fourth-order valence-corrected chi connectivity index (χ4v) is 3.63. The maximum atomic E-state index is 6.44. The van der Waals surface area contributed by atoms with E-state index in [4.69, 9.17) is 4.74 Å². The van der Waals surface area contributed by atoms with Crippen molar-refractivity contribution in [3.05, 3.63) is 35.4 Å². The van der Waals surface area contributed by atoms with E-state index in [1.165, 1.54) is 43.2 Å². The normalized spacial score (nSPS) is 25.2. The van der Waals surface area contributed by atoms with Gasteiger partial charge in [0.15, 0.2) is 0 Å². The van der Waals surface area contributed by atoms with Gasteiger partial charge in [0.1, 0.15) is 0 Å². The maximum absolute atomic E-state index is 6.44. The molecule has 1 nitrogen and oxygen atoms in total. The van der Waals surface area contributed by atoms with Crippen LogP contribution in [0.5, 0.6) is 0 Å².